The maximum Gasteiger partial charge on any atom is 0.240 e. The zero-order chi connectivity index (χ0) is 17.1. The molecule has 1 aromatic rings. The van der Waals surface area contributed by atoms with Crippen molar-refractivity contribution in [3.63, 3.8) is 0 Å². The van der Waals surface area contributed by atoms with Crippen LogP contribution in [0.1, 0.15) is 20.8 Å². The lowest BCUT2D eigenvalue weighted by molar-refractivity contribution is -0.120. The first kappa shape index (κ1) is 19.1. The highest BCUT2D eigenvalue weighted by Crippen LogP contribution is 2.33. The Kier molecular flexibility index (Phi) is 6.52. The summed E-state index contributed by atoms with van der Waals surface area (Å²) in [7, 11) is -3.68. The number of anilines is 1. The average molecular weight is 367 g/mol. The molecule has 1 aromatic carbocycles. The molecule has 0 saturated heterocycles. The van der Waals surface area contributed by atoms with Gasteiger partial charge in [-0.2, -0.15) is 0 Å². The highest BCUT2D eigenvalue weighted by atomic mass is 35.5. The molecule has 0 fully saturated rings. The highest BCUT2D eigenvalue weighted by Gasteiger charge is 2.24. The molecule has 0 saturated carbocycles. The van der Waals surface area contributed by atoms with Crippen molar-refractivity contribution in [2.45, 2.75) is 26.8 Å². The van der Waals surface area contributed by atoms with E-state index >= 15 is 0 Å². The first-order valence-corrected chi connectivity index (χ1v) is 9.35. The van der Waals surface area contributed by atoms with E-state index in [0.717, 1.165) is 10.6 Å². The molecule has 0 aromatic heterocycles. The number of amides is 1. The van der Waals surface area contributed by atoms with Crippen molar-refractivity contribution >= 4 is 44.8 Å². The molecule has 124 valence electrons. The highest BCUT2D eigenvalue weighted by molar-refractivity contribution is 7.92. The second kappa shape index (κ2) is 7.53. The summed E-state index contributed by atoms with van der Waals surface area (Å²) in [6.07, 6.45) is 1.02. The van der Waals surface area contributed by atoms with Crippen molar-refractivity contribution in [2.75, 3.05) is 17.1 Å². The van der Waals surface area contributed by atoms with Gasteiger partial charge in [-0.3, -0.25) is 9.10 Å². The molecule has 1 amide bonds. The molecule has 5 nitrogen and oxygen atoms in total. The summed E-state index contributed by atoms with van der Waals surface area (Å²) in [6, 6.07) is 4.57. The van der Waals surface area contributed by atoms with Crippen LogP contribution in [0.3, 0.4) is 0 Å². The van der Waals surface area contributed by atoms with E-state index in [1.807, 2.05) is 20.8 Å². The van der Waals surface area contributed by atoms with Gasteiger partial charge in [0.2, 0.25) is 15.9 Å². The van der Waals surface area contributed by atoms with Gasteiger partial charge in [0.1, 0.15) is 6.54 Å². The second-order valence-electron chi connectivity index (χ2n) is 5.44. The minimum atomic E-state index is -3.68. The number of halogens is 2. The van der Waals surface area contributed by atoms with Gasteiger partial charge in [0.05, 0.1) is 22.0 Å². The van der Waals surface area contributed by atoms with E-state index in [9.17, 15) is 13.2 Å². The fraction of sp³-hybridized carbons (Fsp3) is 0.500. The summed E-state index contributed by atoms with van der Waals surface area (Å²) in [5, 5.41) is 3.09. The number of sulfonamides is 1. The molecule has 8 heteroatoms. The van der Waals surface area contributed by atoms with Gasteiger partial charge in [0.15, 0.2) is 0 Å². The molecule has 22 heavy (non-hydrogen) atoms. The van der Waals surface area contributed by atoms with Gasteiger partial charge in [-0.1, -0.05) is 43.1 Å². The summed E-state index contributed by atoms with van der Waals surface area (Å²) < 4.78 is 24.9. The van der Waals surface area contributed by atoms with E-state index < -0.39 is 15.9 Å². The summed E-state index contributed by atoms with van der Waals surface area (Å²) >= 11 is 12.0. The van der Waals surface area contributed by atoms with E-state index in [0.29, 0.717) is 0 Å². The topological polar surface area (TPSA) is 66.5 Å². The molecule has 1 rings (SSSR count). The smallest absolute Gasteiger partial charge is 0.240 e. The van der Waals surface area contributed by atoms with Gasteiger partial charge in [-0.05, 0) is 25.0 Å². The Morgan fingerprint density at radius 2 is 1.86 bits per heavy atom. The van der Waals surface area contributed by atoms with E-state index in [-0.39, 0.29) is 34.2 Å². The third-order valence-corrected chi connectivity index (χ3v) is 5.21. The van der Waals surface area contributed by atoms with Crippen LogP contribution < -0.4 is 9.62 Å². The molecular formula is C14H20Cl2N2O3S. The molecule has 0 heterocycles. The summed E-state index contributed by atoms with van der Waals surface area (Å²) in [4.78, 5) is 12.1. The van der Waals surface area contributed by atoms with Gasteiger partial charge in [-0.15, -0.1) is 0 Å². The third kappa shape index (κ3) is 5.04. The molecule has 1 N–H and O–H groups in total. The normalized spacial score (nSPS) is 13.0. The van der Waals surface area contributed by atoms with Crippen molar-refractivity contribution in [2.24, 2.45) is 5.92 Å². The average Bonchev–Trinajstić information content (AvgIpc) is 2.38. The van der Waals surface area contributed by atoms with E-state index in [4.69, 9.17) is 23.2 Å². The molecule has 0 unspecified atom stereocenters. The predicted octanol–water partition coefficient (Wildman–Crippen LogP) is 2.92. The minimum Gasteiger partial charge on any atom is -0.352 e. The SMILES string of the molecule is CC(C)[C@@H](C)NC(=O)CN(c1cccc(Cl)c1Cl)S(C)(=O)=O. The summed E-state index contributed by atoms with van der Waals surface area (Å²) in [5.74, 6) is -0.159. The van der Waals surface area contributed by atoms with Crippen LogP contribution in [0.5, 0.6) is 0 Å². The Morgan fingerprint density at radius 1 is 1.27 bits per heavy atom. The predicted molar refractivity (Wildman–Crippen MR) is 91.1 cm³/mol. The Bertz CT molecular complexity index is 647. The number of rotatable bonds is 6. The first-order valence-electron chi connectivity index (χ1n) is 6.75. The van der Waals surface area contributed by atoms with E-state index in [2.05, 4.69) is 5.32 Å². The maximum atomic E-state index is 12.1. The molecule has 0 radical (unpaired) electrons. The second-order valence-corrected chi connectivity index (χ2v) is 8.13. The fourth-order valence-corrected chi connectivity index (χ4v) is 2.97. The number of nitrogens with zero attached hydrogens (tertiary/aromatic N) is 1. The maximum absolute atomic E-state index is 12.1. The summed E-state index contributed by atoms with van der Waals surface area (Å²) in [5.41, 5.74) is 0.184. The lowest BCUT2D eigenvalue weighted by Gasteiger charge is -2.25. The van der Waals surface area contributed by atoms with Crippen molar-refractivity contribution in [1.82, 2.24) is 5.32 Å². The first-order chi connectivity index (χ1) is 10.0. The van der Waals surface area contributed by atoms with Gasteiger partial charge < -0.3 is 5.32 Å². The van der Waals surface area contributed by atoms with Gasteiger partial charge in [0, 0.05) is 6.04 Å². The van der Waals surface area contributed by atoms with Crippen molar-refractivity contribution < 1.29 is 13.2 Å². The van der Waals surface area contributed by atoms with Crippen LogP contribution in [-0.2, 0) is 14.8 Å². The molecule has 0 spiro atoms. The molecule has 0 bridgehead atoms. The van der Waals surface area contributed by atoms with Crippen LogP contribution in [0, 0.1) is 5.92 Å². The largest absolute Gasteiger partial charge is 0.352 e. The Labute approximate surface area is 141 Å². The Morgan fingerprint density at radius 3 is 2.36 bits per heavy atom. The number of nitrogens with one attached hydrogen (secondary N) is 1. The van der Waals surface area contributed by atoms with E-state index in [1.165, 1.54) is 6.07 Å². The van der Waals surface area contributed by atoms with Crippen molar-refractivity contribution in [3.05, 3.63) is 28.2 Å². The molecular weight excluding hydrogens is 347 g/mol. The Balaban J connectivity index is 3.06. The van der Waals surface area contributed by atoms with Crippen LogP contribution in [0.15, 0.2) is 18.2 Å². The van der Waals surface area contributed by atoms with Gasteiger partial charge in [-0.25, -0.2) is 8.42 Å². The monoisotopic (exact) mass is 366 g/mol. The fourth-order valence-electron chi connectivity index (χ4n) is 1.66. The molecule has 0 aliphatic heterocycles. The third-order valence-electron chi connectivity index (χ3n) is 3.28. The molecule has 0 aliphatic carbocycles. The number of carbonyl (C=O) groups excluding carboxylic acids is 1. The standard InChI is InChI=1S/C14H20Cl2N2O3S/c1-9(2)10(3)17-13(19)8-18(22(4,20)21)12-7-5-6-11(15)14(12)16/h5-7,9-10H,8H2,1-4H3,(H,17,19)/t10-/m1/s1. The molecule has 0 aliphatic rings. The van der Waals surface area contributed by atoms with Crippen LogP contribution in [0.4, 0.5) is 5.69 Å². The lowest BCUT2D eigenvalue weighted by Crippen LogP contribution is -2.44. The zero-order valence-electron chi connectivity index (χ0n) is 12.9. The number of carbonyl (C=O) groups is 1. The number of hydrogen-bond acceptors (Lipinski definition) is 3. The quantitative estimate of drug-likeness (QED) is 0.841. The van der Waals surface area contributed by atoms with Gasteiger partial charge in [0.25, 0.3) is 0 Å². The molecule has 1 atom stereocenters. The van der Waals surface area contributed by atoms with Crippen LogP contribution in [0.25, 0.3) is 0 Å². The van der Waals surface area contributed by atoms with Crippen LogP contribution in [-0.4, -0.2) is 33.2 Å². The van der Waals surface area contributed by atoms with Crippen molar-refractivity contribution in [3.8, 4) is 0 Å². The summed E-state index contributed by atoms with van der Waals surface area (Å²) in [6.45, 7) is 5.44. The van der Waals surface area contributed by atoms with Crippen molar-refractivity contribution in [1.29, 1.82) is 0 Å². The zero-order valence-corrected chi connectivity index (χ0v) is 15.3. The van der Waals surface area contributed by atoms with Gasteiger partial charge >= 0.3 is 0 Å². The Hall–Kier alpha value is -0.980. The van der Waals surface area contributed by atoms with Crippen LogP contribution in [0.2, 0.25) is 10.0 Å². The number of hydrogen-bond donors (Lipinski definition) is 1. The minimum absolute atomic E-state index is 0.0660. The van der Waals surface area contributed by atoms with E-state index in [1.54, 1.807) is 12.1 Å². The lowest BCUT2D eigenvalue weighted by atomic mass is 10.1. The van der Waals surface area contributed by atoms with Crippen LogP contribution >= 0.6 is 23.2 Å². The number of benzene rings is 1.